The third kappa shape index (κ3) is 5.03. The van der Waals surface area contributed by atoms with Crippen molar-refractivity contribution in [3.8, 4) is 11.1 Å². The van der Waals surface area contributed by atoms with E-state index in [0.717, 1.165) is 52.3 Å². The number of nitrogen functional groups attached to an aromatic ring is 1. The number of halogens is 1. The number of benzene rings is 1. The molecule has 2 atom stereocenters. The van der Waals surface area contributed by atoms with E-state index in [9.17, 15) is 4.39 Å². The summed E-state index contributed by atoms with van der Waals surface area (Å²) >= 11 is 0. The highest BCUT2D eigenvalue weighted by Crippen LogP contribution is 2.38. The fourth-order valence-corrected chi connectivity index (χ4v) is 5.44. The standard InChI is InChI=1S/C27H31FN6O/c1-17-26-24(32-27(29)31-17)13-19(14-25(26)33-35-12-9-21-6-4-11-34(21)2)22-8-7-20(28)15-23(22)18-5-3-10-30-16-18/h3,5,7-8,10,15-16,19,21H,4,6,9,11-14H2,1-2H3,(H2,29,31,32)/b33-25+. The molecule has 0 bridgehead atoms. The third-order valence-corrected chi connectivity index (χ3v) is 7.17. The predicted octanol–water partition coefficient (Wildman–Crippen LogP) is 4.50. The van der Waals surface area contributed by atoms with Crippen molar-refractivity contribution in [2.24, 2.45) is 5.16 Å². The van der Waals surface area contributed by atoms with Crippen LogP contribution < -0.4 is 5.73 Å². The predicted molar refractivity (Wildman–Crippen MR) is 135 cm³/mol. The number of aromatic nitrogens is 3. The van der Waals surface area contributed by atoms with E-state index in [4.69, 9.17) is 10.6 Å². The molecule has 1 aromatic carbocycles. The van der Waals surface area contributed by atoms with Crippen LogP contribution in [0.5, 0.6) is 0 Å². The summed E-state index contributed by atoms with van der Waals surface area (Å²) in [5.74, 6) is 0.00804. The molecular formula is C27H31FN6O. The van der Waals surface area contributed by atoms with E-state index >= 15 is 0 Å². The zero-order valence-electron chi connectivity index (χ0n) is 20.2. The molecule has 0 saturated carbocycles. The van der Waals surface area contributed by atoms with Crippen molar-refractivity contribution in [2.75, 3.05) is 25.9 Å². The second-order valence-electron chi connectivity index (χ2n) is 9.50. The van der Waals surface area contributed by atoms with Gasteiger partial charge in [-0.05, 0) is 81.4 Å². The highest BCUT2D eigenvalue weighted by Gasteiger charge is 2.31. The normalized spacial score (nSPS) is 21.3. The summed E-state index contributed by atoms with van der Waals surface area (Å²) in [6.45, 7) is 3.63. The van der Waals surface area contributed by atoms with Crippen LogP contribution in [0.4, 0.5) is 10.3 Å². The topological polar surface area (TPSA) is 89.5 Å². The molecule has 2 unspecified atom stereocenters. The average Bonchev–Trinajstić information content (AvgIpc) is 3.26. The monoisotopic (exact) mass is 474 g/mol. The van der Waals surface area contributed by atoms with Gasteiger partial charge in [0.25, 0.3) is 0 Å². The highest BCUT2D eigenvalue weighted by atomic mass is 19.1. The maximum Gasteiger partial charge on any atom is 0.220 e. The van der Waals surface area contributed by atoms with Crippen LogP contribution in [0.1, 0.15) is 54.1 Å². The Balaban J connectivity index is 1.46. The fourth-order valence-electron chi connectivity index (χ4n) is 5.44. The van der Waals surface area contributed by atoms with E-state index in [1.165, 1.54) is 18.9 Å². The second kappa shape index (κ2) is 10.1. The Morgan fingerprint density at radius 3 is 2.89 bits per heavy atom. The molecule has 0 radical (unpaired) electrons. The molecule has 1 fully saturated rings. The van der Waals surface area contributed by atoms with Crippen molar-refractivity contribution in [3.63, 3.8) is 0 Å². The maximum absolute atomic E-state index is 14.3. The van der Waals surface area contributed by atoms with Gasteiger partial charge in [0.15, 0.2) is 0 Å². The number of anilines is 1. The first-order valence-corrected chi connectivity index (χ1v) is 12.2. The second-order valence-corrected chi connectivity index (χ2v) is 9.50. The van der Waals surface area contributed by atoms with Crippen LogP contribution in [0.2, 0.25) is 0 Å². The van der Waals surface area contributed by atoms with Gasteiger partial charge in [-0.25, -0.2) is 14.4 Å². The summed E-state index contributed by atoms with van der Waals surface area (Å²) < 4.78 is 14.3. The minimum Gasteiger partial charge on any atom is -0.396 e. The molecule has 182 valence electrons. The van der Waals surface area contributed by atoms with Crippen LogP contribution in [0.15, 0.2) is 47.9 Å². The molecule has 1 aliphatic heterocycles. The molecule has 1 aliphatic carbocycles. The number of fused-ring (bicyclic) bond motifs is 1. The number of pyridine rings is 1. The van der Waals surface area contributed by atoms with Crippen molar-refractivity contribution in [1.82, 2.24) is 19.9 Å². The van der Waals surface area contributed by atoms with Crippen molar-refractivity contribution in [2.45, 2.75) is 51.0 Å². The van der Waals surface area contributed by atoms with Gasteiger partial charge >= 0.3 is 0 Å². The first-order valence-electron chi connectivity index (χ1n) is 12.2. The Labute approximate surface area is 205 Å². The van der Waals surface area contributed by atoms with Crippen molar-refractivity contribution < 1.29 is 9.23 Å². The van der Waals surface area contributed by atoms with Gasteiger partial charge in [0.1, 0.15) is 12.4 Å². The zero-order chi connectivity index (χ0) is 24.4. The van der Waals surface area contributed by atoms with Gasteiger partial charge in [0.05, 0.1) is 17.1 Å². The van der Waals surface area contributed by atoms with Gasteiger partial charge in [-0.3, -0.25) is 4.98 Å². The molecule has 0 amide bonds. The van der Waals surface area contributed by atoms with E-state index in [0.29, 0.717) is 25.5 Å². The van der Waals surface area contributed by atoms with E-state index in [1.807, 2.05) is 25.1 Å². The molecule has 2 aromatic heterocycles. The molecule has 2 N–H and O–H groups in total. The van der Waals surface area contributed by atoms with E-state index in [-0.39, 0.29) is 17.7 Å². The Bertz CT molecular complexity index is 1230. The molecule has 5 rings (SSSR count). The van der Waals surface area contributed by atoms with Gasteiger partial charge in [-0.2, -0.15) is 0 Å². The molecule has 35 heavy (non-hydrogen) atoms. The van der Waals surface area contributed by atoms with Crippen LogP contribution in [-0.2, 0) is 11.3 Å². The molecule has 1 saturated heterocycles. The van der Waals surface area contributed by atoms with E-state index in [2.05, 4.69) is 32.1 Å². The van der Waals surface area contributed by atoms with Gasteiger partial charge in [-0.15, -0.1) is 0 Å². The highest BCUT2D eigenvalue weighted by molar-refractivity contribution is 6.03. The number of aryl methyl sites for hydroxylation is 1. The summed E-state index contributed by atoms with van der Waals surface area (Å²) in [4.78, 5) is 21.4. The number of rotatable bonds is 6. The van der Waals surface area contributed by atoms with Crippen LogP contribution in [-0.4, -0.2) is 51.8 Å². The van der Waals surface area contributed by atoms with E-state index < -0.39 is 0 Å². The lowest BCUT2D eigenvalue weighted by atomic mass is 9.78. The number of nitrogens with zero attached hydrogens (tertiary/aromatic N) is 5. The summed E-state index contributed by atoms with van der Waals surface area (Å²) in [7, 11) is 2.17. The lowest BCUT2D eigenvalue weighted by molar-refractivity contribution is 0.120. The van der Waals surface area contributed by atoms with Crippen LogP contribution in [0.25, 0.3) is 11.1 Å². The average molecular weight is 475 g/mol. The summed E-state index contributed by atoms with van der Waals surface area (Å²) in [6.07, 6.45) is 8.17. The smallest absolute Gasteiger partial charge is 0.220 e. The molecule has 8 heteroatoms. The SMILES string of the molecule is Cc1nc(N)nc2c1/C(=N/OCCC1CCCN1C)CC(c1ccc(F)cc1-c1cccnc1)C2. The Morgan fingerprint density at radius 2 is 2.11 bits per heavy atom. The van der Waals surface area contributed by atoms with Gasteiger partial charge in [-0.1, -0.05) is 17.3 Å². The number of nitrogens with two attached hydrogens (primary N) is 1. The fraction of sp³-hybridized carbons (Fsp3) is 0.407. The number of likely N-dealkylation sites (tertiary alicyclic amines) is 1. The van der Waals surface area contributed by atoms with Crippen molar-refractivity contribution >= 4 is 11.7 Å². The van der Waals surface area contributed by atoms with Crippen LogP contribution in [0, 0.1) is 12.7 Å². The molecule has 0 spiro atoms. The van der Waals surface area contributed by atoms with Gasteiger partial charge in [0.2, 0.25) is 5.95 Å². The van der Waals surface area contributed by atoms with Crippen LogP contribution in [0.3, 0.4) is 0 Å². The Hall–Kier alpha value is -3.39. The number of hydrogen-bond donors (Lipinski definition) is 1. The first kappa shape index (κ1) is 23.4. The zero-order valence-corrected chi connectivity index (χ0v) is 20.2. The van der Waals surface area contributed by atoms with Gasteiger partial charge < -0.3 is 15.5 Å². The summed E-state index contributed by atoms with van der Waals surface area (Å²) in [5.41, 5.74) is 12.1. The largest absolute Gasteiger partial charge is 0.396 e. The quantitative estimate of drug-likeness (QED) is 0.418. The van der Waals surface area contributed by atoms with Crippen molar-refractivity contribution in [3.05, 3.63) is 71.1 Å². The summed E-state index contributed by atoms with van der Waals surface area (Å²) in [5, 5.41) is 4.59. The third-order valence-electron chi connectivity index (χ3n) is 7.17. The minimum atomic E-state index is -0.277. The maximum atomic E-state index is 14.3. The van der Waals surface area contributed by atoms with E-state index in [1.54, 1.807) is 18.5 Å². The van der Waals surface area contributed by atoms with Gasteiger partial charge in [0, 0.05) is 36.0 Å². The first-order chi connectivity index (χ1) is 17.0. The lowest BCUT2D eigenvalue weighted by Gasteiger charge is -2.28. The summed E-state index contributed by atoms with van der Waals surface area (Å²) in [6, 6.07) is 9.30. The number of oxime groups is 1. The van der Waals surface area contributed by atoms with Crippen molar-refractivity contribution in [1.29, 1.82) is 0 Å². The minimum absolute atomic E-state index is 0.0373. The van der Waals surface area contributed by atoms with Crippen LogP contribution >= 0.6 is 0 Å². The Kier molecular flexibility index (Phi) is 6.72. The molecule has 7 nitrogen and oxygen atoms in total. The molecule has 2 aliphatic rings. The lowest BCUT2D eigenvalue weighted by Crippen LogP contribution is -2.26. The Morgan fingerprint density at radius 1 is 1.23 bits per heavy atom. The molecular weight excluding hydrogens is 443 g/mol. The number of hydrogen-bond acceptors (Lipinski definition) is 7. The molecule has 3 heterocycles. The molecule has 3 aromatic rings.